The van der Waals surface area contributed by atoms with E-state index >= 15 is 0 Å². The molecule has 0 N–H and O–H groups in total. The zero-order valence-corrected chi connectivity index (χ0v) is 27.0. The first-order valence-corrected chi connectivity index (χ1v) is 18.7. The molecule has 204 valence electrons. The summed E-state index contributed by atoms with van der Waals surface area (Å²) >= 11 is 0. The highest BCUT2D eigenvalue weighted by molar-refractivity contribution is 6.74. The Labute approximate surface area is 217 Å². The standard InChI is InChI=1S/C27H53NO5Si2/c1-19(2)22-20(16-17-31-34(12,13)26(6,7)8)21(18-32-35(14,15)27(9,10)11)28(23(22)29)24(30)33-25(3,4)5/h20-22H,1,16-18H2,2-15H3/t20-,21-,22+/m1/s1. The van der Waals surface area contributed by atoms with E-state index in [4.69, 9.17) is 13.6 Å². The van der Waals surface area contributed by atoms with Gasteiger partial charge in [-0.05, 0) is 76.3 Å². The van der Waals surface area contributed by atoms with Crippen molar-refractivity contribution in [3.63, 3.8) is 0 Å². The maximum atomic E-state index is 13.6. The number of imide groups is 1. The number of carbonyl (C=O) groups is 2. The lowest BCUT2D eigenvalue weighted by Crippen LogP contribution is -2.49. The quantitative estimate of drug-likeness (QED) is 0.243. The fourth-order valence-corrected chi connectivity index (χ4v) is 5.84. The molecule has 8 heteroatoms. The van der Waals surface area contributed by atoms with E-state index in [1.165, 1.54) is 4.90 Å². The van der Waals surface area contributed by atoms with E-state index in [2.05, 4.69) is 74.3 Å². The van der Waals surface area contributed by atoms with Gasteiger partial charge in [-0.3, -0.25) is 4.79 Å². The molecule has 3 atom stereocenters. The predicted octanol–water partition coefficient (Wildman–Crippen LogP) is 7.37. The van der Waals surface area contributed by atoms with E-state index in [1.807, 2.05) is 27.7 Å². The van der Waals surface area contributed by atoms with Gasteiger partial charge in [0.15, 0.2) is 16.6 Å². The van der Waals surface area contributed by atoms with Crippen LogP contribution in [0.4, 0.5) is 4.79 Å². The van der Waals surface area contributed by atoms with E-state index in [1.54, 1.807) is 0 Å². The minimum absolute atomic E-state index is 0.0149. The number of hydrogen-bond acceptors (Lipinski definition) is 5. The van der Waals surface area contributed by atoms with Crippen LogP contribution in [-0.4, -0.2) is 58.4 Å². The molecular formula is C27H53NO5Si2. The van der Waals surface area contributed by atoms with Crippen LogP contribution in [0, 0.1) is 11.8 Å². The molecule has 0 aromatic rings. The lowest BCUT2D eigenvalue weighted by Gasteiger charge is -2.39. The Kier molecular flexibility index (Phi) is 9.89. The Morgan fingerprint density at radius 2 is 1.37 bits per heavy atom. The second-order valence-corrected chi connectivity index (χ2v) is 23.8. The molecule has 1 fully saturated rings. The predicted molar refractivity (Wildman–Crippen MR) is 150 cm³/mol. The van der Waals surface area contributed by atoms with Crippen LogP contribution >= 0.6 is 0 Å². The minimum atomic E-state index is -2.11. The molecule has 2 amide bonds. The van der Waals surface area contributed by atoms with Crippen molar-refractivity contribution in [1.29, 1.82) is 0 Å². The number of carbonyl (C=O) groups excluding carboxylic acids is 2. The van der Waals surface area contributed by atoms with Crippen molar-refractivity contribution < 1.29 is 23.2 Å². The van der Waals surface area contributed by atoms with Crippen LogP contribution in [0.15, 0.2) is 12.2 Å². The van der Waals surface area contributed by atoms with Crippen molar-refractivity contribution in [2.45, 2.75) is 124 Å². The Balaban J connectivity index is 3.34. The van der Waals surface area contributed by atoms with Crippen molar-refractivity contribution in [2.24, 2.45) is 11.8 Å². The SMILES string of the molecule is C=C(C)[C@@H]1C(=O)N(C(=O)OC(C)(C)C)[C@H](CO[Si](C)(C)C(C)(C)C)[C@H]1CCO[Si](C)(C)C(C)(C)C. The summed E-state index contributed by atoms with van der Waals surface area (Å²) in [6, 6.07) is -0.420. The second-order valence-electron chi connectivity index (χ2n) is 14.2. The zero-order chi connectivity index (χ0) is 27.8. The van der Waals surface area contributed by atoms with Crippen LogP contribution in [0.2, 0.25) is 36.3 Å². The first-order valence-electron chi connectivity index (χ1n) is 12.9. The van der Waals surface area contributed by atoms with E-state index in [-0.39, 0.29) is 21.9 Å². The normalized spacial score (nSPS) is 22.5. The van der Waals surface area contributed by atoms with Gasteiger partial charge in [-0.15, -0.1) is 0 Å². The molecule has 1 aliphatic rings. The molecular weight excluding hydrogens is 474 g/mol. The van der Waals surface area contributed by atoms with Gasteiger partial charge >= 0.3 is 6.09 Å². The third kappa shape index (κ3) is 8.01. The maximum Gasteiger partial charge on any atom is 0.417 e. The molecule has 0 aliphatic carbocycles. The van der Waals surface area contributed by atoms with Crippen molar-refractivity contribution in [3.05, 3.63) is 12.2 Å². The fourth-order valence-electron chi connectivity index (χ4n) is 3.76. The van der Waals surface area contributed by atoms with E-state index in [0.29, 0.717) is 19.6 Å². The fraction of sp³-hybridized carbons (Fsp3) is 0.852. The Morgan fingerprint density at radius 3 is 1.77 bits per heavy atom. The number of likely N-dealkylation sites (tertiary alicyclic amines) is 1. The van der Waals surface area contributed by atoms with Gasteiger partial charge in [-0.2, -0.15) is 0 Å². The van der Waals surface area contributed by atoms with Gasteiger partial charge < -0.3 is 13.6 Å². The molecule has 1 aliphatic heterocycles. The van der Waals surface area contributed by atoms with Crippen LogP contribution in [0.3, 0.4) is 0 Å². The molecule has 0 unspecified atom stereocenters. The average molecular weight is 528 g/mol. The highest BCUT2D eigenvalue weighted by Gasteiger charge is 2.53. The number of nitrogens with zero attached hydrogens (tertiary/aromatic N) is 1. The molecule has 1 heterocycles. The second kappa shape index (κ2) is 10.8. The topological polar surface area (TPSA) is 65.1 Å². The number of ether oxygens (including phenoxy) is 1. The molecule has 0 aromatic heterocycles. The van der Waals surface area contributed by atoms with E-state index in [0.717, 1.165) is 5.57 Å². The minimum Gasteiger partial charge on any atom is -0.443 e. The van der Waals surface area contributed by atoms with Crippen molar-refractivity contribution >= 4 is 28.6 Å². The Bertz CT molecular complexity index is 787. The molecule has 0 aromatic carbocycles. The Morgan fingerprint density at radius 1 is 0.914 bits per heavy atom. The largest absolute Gasteiger partial charge is 0.443 e. The van der Waals surface area contributed by atoms with E-state index < -0.39 is 40.3 Å². The summed E-state index contributed by atoms with van der Waals surface area (Å²) in [7, 11) is -4.05. The molecule has 0 saturated carbocycles. The van der Waals surface area contributed by atoms with Gasteiger partial charge in [0.1, 0.15) is 5.60 Å². The summed E-state index contributed by atoms with van der Waals surface area (Å²) in [5, 5.41) is 0.112. The van der Waals surface area contributed by atoms with Gasteiger partial charge in [0, 0.05) is 6.61 Å². The third-order valence-electron chi connectivity index (χ3n) is 8.02. The van der Waals surface area contributed by atoms with Crippen LogP contribution in [0.1, 0.15) is 75.7 Å². The average Bonchev–Trinajstić information content (AvgIpc) is 2.88. The zero-order valence-electron chi connectivity index (χ0n) is 25.0. The van der Waals surface area contributed by atoms with Gasteiger partial charge in [0.2, 0.25) is 5.91 Å². The van der Waals surface area contributed by atoms with Gasteiger partial charge in [0.25, 0.3) is 0 Å². The Hall–Kier alpha value is -0.966. The van der Waals surface area contributed by atoms with Crippen LogP contribution < -0.4 is 0 Å². The van der Waals surface area contributed by atoms with Crippen LogP contribution in [0.25, 0.3) is 0 Å². The molecule has 6 nitrogen and oxygen atoms in total. The number of amides is 2. The molecule has 0 radical (unpaired) electrons. The third-order valence-corrected chi connectivity index (χ3v) is 17.1. The number of hydrogen-bond donors (Lipinski definition) is 0. The monoisotopic (exact) mass is 527 g/mol. The molecule has 0 bridgehead atoms. The molecule has 35 heavy (non-hydrogen) atoms. The molecule has 0 spiro atoms. The van der Waals surface area contributed by atoms with Crippen LogP contribution in [-0.2, 0) is 18.4 Å². The molecule has 1 rings (SSSR count). The first kappa shape index (κ1) is 32.1. The smallest absolute Gasteiger partial charge is 0.417 e. The summed E-state index contributed by atoms with van der Waals surface area (Å²) < 4.78 is 18.7. The van der Waals surface area contributed by atoms with Gasteiger partial charge in [0.05, 0.1) is 18.6 Å². The lowest BCUT2D eigenvalue weighted by molar-refractivity contribution is -0.130. The summed E-state index contributed by atoms with van der Waals surface area (Å²) in [5.41, 5.74) is 0.0560. The summed E-state index contributed by atoms with van der Waals surface area (Å²) in [6.45, 7) is 34.3. The summed E-state index contributed by atoms with van der Waals surface area (Å²) in [6.07, 6.45) is 0.0473. The van der Waals surface area contributed by atoms with E-state index in [9.17, 15) is 9.59 Å². The van der Waals surface area contributed by atoms with Crippen molar-refractivity contribution in [1.82, 2.24) is 4.90 Å². The first-order chi connectivity index (χ1) is 15.4. The summed E-state index contributed by atoms with van der Waals surface area (Å²) in [5.74, 6) is -0.839. The van der Waals surface area contributed by atoms with Crippen LogP contribution in [0.5, 0.6) is 0 Å². The van der Waals surface area contributed by atoms with Gasteiger partial charge in [-0.25, -0.2) is 9.69 Å². The highest BCUT2D eigenvalue weighted by atomic mass is 28.4. The highest BCUT2D eigenvalue weighted by Crippen LogP contribution is 2.42. The summed E-state index contributed by atoms with van der Waals surface area (Å²) in [4.78, 5) is 28.2. The lowest BCUT2D eigenvalue weighted by atomic mass is 9.84. The van der Waals surface area contributed by atoms with Crippen molar-refractivity contribution in [3.8, 4) is 0 Å². The maximum absolute atomic E-state index is 13.6. The number of rotatable bonds is 8. The van der Waals surface area contributed by atoms with Gasteiger partial charge in [-0.1, -0.05) is 53.7 Å². The molecule has 1 saturated heterocycles. The van der Waals surface area contributed by atoms with Crippen molar-refractivity contribution in [2.75, 3.05) is 13.2 Å².